The molecular weight excluding hydrogens is 470 g/mol. The third-order valence-electron chi connectivity index (χ3n) is 6.47. The summed E-state index contributed by atoms with van der Waals surface area (Å²) in [6, 6.07) is 25.4. The van der Waals surface area contributed by atoms with Crippen molar-refractivity contribution >= 4 is 39.9 Å². The number of anilines is 1. The number of fused-ring (bicyclic) bond motifs is 1. The topological polar surface area (TPSA) is 104 Å². The molecule has 0 aliphatic carbocycles. The van der Waals surface area contributed by atoms with Gasteiger partial charge >= 0.3 is 5.97 Å². The molecule has 0 radical (unpaired) electrons. The van der Waals surface area contributed by atoms with E-state index in [0.717, 1.165) is 10.8 Å². The van der Waals surface area contributed by atoms with Crippen LogP contribution in [0.5, 0.6) is 5.75 Å². The van der Waals surface area contributed by atoms with Gasteiger partial charge in [-0.25, -0.2) is 0 Å². The Morgan fingerprint density at radius 3 is 2.24 bits per heavy atom. The van der Waals surface area contributed by atoms with Gasteiger partial charge in [0.15, 0.2) is 0 Å². The van der Waals surface area contributed by atoms with Crippen LogP contribution in [0.3, 0.4) is 0 Å². The minimum Gasteiger partial charge on any atom is -0.507 e. The fourth-order valence-electron chi connectivity index (χ4n) is 4.73. The Morgan fingerprint density at radius 2 is 1.54 bits per heavy atom. The SMILES string of the molecule is COc1ccccc1C1/C(=C(\O)c2ccc3ccccc3c2)C(=O)C(=O)N1c1ccc(CC(=O)O)cc1. The molecule has 0 saturated carbocycles. The number of amides is 1. The molecule has 184 valence electrons. The van der Waals surface area contributed by atoms with Gasteiger partial charge in [0.2, 0.25) is 0 Å². The highest BCUT2D eigenvalue weighted by Crippen LogP contribution is 2.45. The molecule has 0 aromatic heterocycles. The number of aliphatic carboxylic acids is 1. The van der Waals surface area contributed by atoms with E-state index in [1.807, 2.05) is 30.3 Å². The first-order valence-electron chi connectivity index (χ1n) is 11.6. The van der Waals surface area contributed by atoms with Gasteiger partial charge in [-0.05, 0) is 40.6 Å². The minimum atomic E-state index is -0.974. The Hall–Kier alpha value is -4.91. The van der Waals surface area contributed by atoms with Crippen LogP contribution in [0.2, 0.25) is 0 Å². The van der Waals surface area contributed by atoms with E-state index in [0.29, 0.717) is 28.1 Å². The molecule has 0 bridgehead atoms. The first-order valence-corrected chi connectivity index (χ1v) is 11.6. The first-order chi connectivity index (χ1) is 17.9. The maximum atomic E-state index is 13.4. The molecule has 1 atom stereocenters. The Bertz CT molecular complexity index is 1570. The molecule has 1 saturated heterocycles. The molecule has 1 aliphatic rings. The van der Waals surface area contributed by atoms with Crippen molar-refractivity contribution < 1.29 is 29.3 Å². The molecule has 1 aliphatic heterocycles. The van der Waals surface area contributed by atoms with Crippen molar-refractivity contribution in [1.29, 1.82) is 0 Å². The van der Waals surface area contributed by atoms with Gasteiger partial charge in [-0.15, -0.1) is 0 Å². The third-order valence-corrected chi connectivity index (χ3v) is 6.47. The molecule has 5 rings (SSSR count). The number of hydrogen-bond donors (Lipinski definition) is 2. The highest BCUT2D eigenvalue weighted by molar-refractivity contribution is 6.51. The average molecular weight is 494 g/mol. The lowest BCUT2D eigenvalue weighted by molar-refractivity contribution is -0.136. The number of ether oxygens (including phenoxy) is 1. The van der Waals surface area contributed by atoms with Crippen molar-refractivity contribution in [3.63, 3.8) is 0 Å². The summed E-state index contributed by atoms with van der Waals surface area (Å²) >= 11 is 0. The largest absolute Gasteiger partial charge is 0.507 e. The summed E-state index contributed by atoms with van der Waals surface area (Å²) in [5.41, 5.74) is 1.83. The van der Waals surface area contributed by atoms with Gasteiger partial charge in [0, 0.05) is 16.8 Å². The number of Topliss-reactive ketones (excluding diaryl/α,β-unsaturated/α-hetero) is 1. The van der Waals surface area contributed by atoms with Crippen LogP contribution < -0.4 is 9.64 Å². The molecule has 1 heterocycles. The van der Waals surface area contributed by atoms with Crippen LogP contribution in [0.15, 0.2) is 96.6 Å². The zero-order valence-corrected chi connectivity index (χ0v) is 19.9. The molecule has 7 nitrogen and oxygen atoms in total. The summed E-state index contributed by atoms with van der Waals surface area (Å²) < 4.78 is 5.55. The van der Waals surface area contributed by atoms with E-state index in [1.165, 1.54) is 12.0 Å². The van der Waals surface area contributed by atoms with Crippen LogP contribution in [-0.4, -0.2) is 35.0 Å². The summed E-state index contributed by atoms with van der Waals surface area (Å²) in [5, 5.41) is 22.4. The molecule has 2 N–H and O–H groups in total. The van der Waals surface area contributed by atoms with Gasteiger partial charge in [0.05, 0.1) is 25.1 Å². The zero-order chi connectivity index (χ0) is 26.1. The number of ketones is 1. The van der Waals surface area contributed by atoms with Crippen LogP contribution >= 0.6 is 0 Å². The molecule has 0 spiro atoms. The summed E-state index contributed by atoms with van der Waals surface area (Å²) in [6.07, 6.45) is -0.170. The Labute approximate surface area is 212 Å². The molecule has 1 unspecified atom stereocenters. The van der Waals surface area contributed by atoms with Gasteiger partial charge in [0.25, 0.3) is 11.7 Å². The minimum absolute atomic E-state index is 0.0561. The number of carboxylic acid groups (broad SMARTS) is 1. The number of methoxy groups -OCH3 is 1. The number of carboxylic acids is 1. The smallest absolute Gasteiger partial charge is 0.307 e. The molecule has 37 heavy (non-hydrogen) atoms. The number of para-hydroxylation sites is 1. The standard InChI is InChI=1S/C30H23NO6/c1-37-24-9-5-4-8-23(24)27-26(28(34)21-13-12-19-6-2-3-7-20(19)17-21)29(35)30(36)31(27)22-14-10-18(11-15-22)16-25(32)33/h2-15,17,27,34H,16H2,1H3,(H,32,33)/b28-26+. The maximum absolute atomic E-state index is 13.4. The van der Waals surface area contributed by atoms with E-state index >= 15 is 0 Å². The number of rotatable bonds is 6. The Kier molecular flexibility index (Phi) is 6.19. The fraction of sp³-hybridized carbons (Fsp3) is 0.100. The highest BCUT2D eigenvalue weighted by atomic mass is 16.5. The van der Waals surface area contributed by atoms with Gasteiger partial charge in [-0.2, -0.15) is 0 Å². The van der Waals surface area contributed by atoms with Crippen molar-refractivity contribution in [3.05, 3.63) is 113 Å². The van der Waals surface area contributed by atoms with Gasteiger partial charge in [-0.3, -0.25) is 19.3 Å². The first kappa shape index (κ1) is 23.8. The number of hydrogen-bond acceptors (Lipinski definition) is 5. The van der Waals surface area contributed by atoms with Crippen LogP contribution in [0.1, 0.15) is 22.7 Å². The quantitative estimate of drug-likeness (QED) is 0.220. The number of benzene rings is 4. The number of carbonyl (C=O) groups excluding carboxylic acids is 2. The number of nitrogens with zero attached hydrogens (tertiary/aromatic N) is 1. The van der Waals surface area contributed by atoms with E-state index in [2.05, 4.69) is 0 Å². The van der Waals surface area contributed by atoms with Crippen molar-refractivity contribution in [2.24, 2.45) is 0 Å². The molecule has 1 fully saturated rings. The van der Waals surface area contributed by atoms with Gasteiger partial charge in [-0.1, -0.05) is 66.7 Å². The molecule has 7 heteroatoms. The van der Waals surface area contributed by atoms with E-state index in [-0.39, 0.29) is 17.8 Å². The van der Waals surface area contributed by atoms with Crippen molar-refractivity contribution in [2.45, 2.75) is 12.5 Å². The van der Waals surface area contributed by atoms with Gasteiger partial charge < -0.3 is 14.9 Å². The zero-order valence-electron chi connectivity index (χ0n) is 19.9. The third kappa shape index (κ3) is 4.31. The lowest BCUT2D eigenvalue weighted by Gasteiger charge is -2.26. The maximum Gasteiger partial charge on any atom is 0.307 e. The molecular formula is C30H23NO6. The number of carbonyl (C=O) groups is 3. The fourth-order valence-corrected chi connectivity index (χ4v) is 4.73. The summed E-state index contributed by atoms with van der Waals surface area (Å²) in [5.74, 6) is -2.44. The van der Waals surface area contributed by atoms with Crippen LogP contribution in [-0.2, 0) is 20.8 Å². The second-order valence-corrected chi connectivity index (χ2v) is 8.71. The van der Waals surface area contributed by atoms with Crippen LogP contribution in [0.4, 0.5) is 5.69 Å². The highest BCUT2D eigenvalue weighted by Gasteiger charge is 2.47. The van der Waals surface area contributed by atoms with Crippen LogP contribution in [0.25, 0.3) is 16.5 Å². The van der Waals surface area contributed by atoms with E-state index in [1.54, 1.807) is 60.7 Å². The molecule has 4 aromatic rings. The predicted molar refractivity (Wildman–Crippen MR) is 140 cm³/mol. The number of aliphatic hydroxyl groups is 1. The van der Waals surface area contributed by atoms with E-state index in [4.69, 9.17) is 9.84 Å². The van der Waals surface area contributed by atoms with Gasteiger partial charge in [0.1, 0.15) is 11.5 Å². The molecule has 1 amide bonds. The predicted octanol–water partition coefficient (Wildman–Crippen LogP) is 5.10. The molecule has 4 aromatic carbocycles. The lowest BCUT2D eigenvalue weighted by atomic mass is 9.93. The van der Waals surface area contributed by atoms with E-state index in [9.17, 15) is 19.5 Å². The van der Waals surface area contributed by atoms with Crippen molar-refractivity contribution in [3.8, 4) is 5.75 Å². The summed E-state index contributed by atoms with van der Waals surface area (Å²) in [4.78, 5) is 39.2. The Balaban J connectivity index is 1.70. The van der Waals surface area contributed by atoms with Crippen LogP contribution in [0, 0.1) is 0 Å². The van der Waals surface area contributed by atoms with Crippen molar-refractivity contribution in [1.82, 2.24) is 0 Å². The summed E-state index contributed by atoms with van der Waals surface area (Å²) in [7, 11) is 1.50. The second kappa shape index (κ2) is 9.62. The van der Waals surface area contributed by atoms with E-state index < -0.39 is 23.7 Å². The monoisotopic (exact) mass is 493 g/mol. The number of aliphatic hydroxyl groups excluding tert-OH is 1. The Morgan fingerprint density at radius 1 is 0.865 bits per heavy atom. The average Bonchev–Trinajstić information content (AvgIpc) is 3.18. The van der Waals surface area contributed by atoms with Crippen molar-refractivity contribution in [2.75, 3.05) is 12.0 Å². The second-order valence-electron chi connectivity index (χ2n) is 8.71. The summed E-state index contributed by atoms with van der Waals surface area (Å²) in [6.45, 7) is 0. The normalized spacial score (nSPS) is 16.8. The lowest BCUT2D eigenvalue weighted by Crippen LogP contribution is -2.29.